The average Bonchev–Trinajstić information content (AvgIpc) is 2.07. The fraction of sp³-hybridized carbons (Fsp3) is 0.222. The van der Waals surface area contributed by atoms with Crippen LogP contribution in [0.3, 0.4) is 0 Å². The Balaban J connectivity index is 2.80. The van der Waals surface area contributed by atoms with Crippen molar-refractivity contribution >= 4 is 11.6 Å². The summed E-state index contributed by atoms with van der Waals surface area (Å²) in [6.45, 7) is 4.09. The normalized spacial score (nSPS) is 9.38. The summed E-state index contributed by atoms with van der Waals surface area (Å²) in [7, 11) is 0. The summed E-state index contributed by atoms with van der Waals surface area (Å²) < 4.78 is 0. The van der Waals surface area contributed by atoms with E-state index in [1.165, 1.54) is 11.1 Å². The number of nitrogens with one attached hydrogen (secondary N) is 1. The van der Waals surface area contributed by atoms with Gasteiger partial charge in [-0.2, -0.15) is 0 Å². The molecule has 0 bridgehead atoms. The van der Waals surface area contributed by atoms with Crippen LogP contribution in [0.1, 0.15) is 11.1 Å². The highest BCUT2D eigenvalue weighted by molar-refractivity contribution is 5.76. The number of benzene rings is 1. The molecule has 0 saturated heterocycles. The number of rotatable bonds is 2. The van der Waals surface area contributed by atoms with Gasteiger partial charge in [0.05, 0.1) is 5.69 Å². The van der Waals surface area contributed by atoms with Crippen molar-refractivity contribution in [2.75, 3.05) is 5.43 Å². The van der Waals surface area contributed by atoms with Gasteiger partial charge in [0, 0.05) is 0 Å². The largest absolute Gasteiger partial charge is 0.369 e. The molecule has 1 rings (SSSR count). The lowest BCUT2D eigenvalue weighted by Crippen LogP contribution is -2.23. The van der Waals surface area contributed by atoms with Gasteiger partial charge in [0.25, 0.3) is 0 Å². The zero-order valence-electron chi connectivity index (χ0n) is 7.83. The molecule has 0 radical (unpaired) electrons. The molecule has 1 aromatic carbocycles. The first kappa shape index (κ1) is 9.38. The summed E-state index contributed by atoms with van der Waals surface area (Å²) in [6.07, 6.45) is 0. The highest BCUT2D eigenvalue weighted by atomic mass is 15.3. The maximum absolute atomic E-state index is 5.17. The first-order chi connectivity index (χ1) is 6.09. The molecule has 1 aromatic rings. The van der Waals surface area contributed by atoms with Crippen molar-refractivity contribution in [3.8, 4) is 0 Å². The fourth-order valence-corrected chi connectivity index (χ4v) is 0.940. The number of aryl methyl sites for hydroxylation is 2. The van der Waals surface area contributed by atoms with Crippen molar-refractivity contribution in [3.63, 3.8) is 0 Å². The second-order valence-electron chi connectivity index (χ2n) is 2.95. The molecule has 4 heteroatoms. The Morgan fingerprint density at radius 3 is 2.46 bits per heavy atom. The molecule has 0 aliphatic rings. The summed E-state index contributed by atoms with van der Waals surface area (Å²) in [5, 5.41) is 3.69. The van der Waals surface area contributed by atoms with Gasteiger partial charge < -0.3 is 11.5 Å². The number of nitrogens with two attached hydrogens (primary N) is 2. The van der Waals surface area contributed by atoms with E-state index in [9.17, 15) is 0 Å². The van der Waals surface area contributed by atoms with Crippen LogP contribution in [-0.2, 0) is 0 Å². The van der Waals surface area contributed by atoms with E-state index in [4.69, 9.17) is 11.5 Å². The monoisotopic (exact) mass is 178 g/mol. The maximum Gasteiger partial charge on any atom is 0.208 e. The Kier molecular flexibility index (Phi) is 2.74. The Bertz CT molecular complexity index is 326. The molecule has 13 heavy (non-hydrogen) atoms. The van der Waals surface area contributed by atoms with Crippen LogP contribution in [0.2, 0.25) is 0 Å². The van der Waals surface area contributed by atoms with Crippen LogP contribution in [0.5, 0.6) is 0 Å². The quantitative estimate of drug-likeness (QED) is 0.358. The van der Waals surface area contributed by atoms with Crippen LogP contribution < -0.4 is 16.9 Å². The smallest absolute Gasteiger partial charge is 0.208 e. The van der Waals surface area contributed by atoms with Gasteiger partial charge in [-0.1, -0.05) is 6.07 Å². The second kappa shape index (κ2) is 3.80. The van der Waals surface area contributed by atoms with E-state index in [0.717, 1.165) is 5.69 Å². The summed E-state index contributed by atoms with van der Waals surface area (Å²) in [6, 6.07) is 5.93. The maximum atomic E-state index is 5.17. The molecule has 0 heterocycles. The molecule has 0 aromatic heterocycles. The molecule has 5 N–H and O–H groups in total. The van der Waals surface area contributed by atoms with E-state index in [0.29, 0.717) is 0 Å². The van der Waals surface area contributed by atoms with E-state index < -0.39 is 0 Å². The molecule has 0 fully saturated rings. The Morgan fingerprint density at radius 2 is 1.92 bits per heavy atom. The highest BCUT2D eigenvalue weighted by Gasteiger charge is 1.94. The van der Waals surface area contributed by atoms with Crippen molar-refractivity contribution in [2.45, 2.75) is 13.8 Å². The van der Waals surface area contributed by atoms with E-state index in [1.54, 1.807) is 0 Å². The molecule has 0 aliphatic heterocycles. The third-order valence-corrected chi connectivity index (χ3v) is 1.82. The van der Waals surface area contributed by atoms with Crippen LogP contribution in [0, 0.1) is 13.8 Å². The SMILES string of the molecule is Cc1ccc(NN=C(N)N)cc1C. The molecule has 0 atom stereocenters. The Morgan fingerprint density at radius 1 is 1.23 bits per heavy atom. The minimum absolute atomic E-state index is 0.0261. The predicted molar refractivity (Wildman–Crippen MR) is 55.3 cm³/mol. The van der Waals surface area contributed by atoms with Crippen molar-refractivity contribution in [1.29, 1.82) is 0 Å². The van der Waals surface area contributed by atoms with Gasteiger partial charge in [-0.3, -0.25) is 5.43 Å². The number of nitrogens with zero attached hydrogens (tertiary/aromatic N) is 1. The zero-order chi connectivity index (χ0) is 9.84. The van der Waals surface area contributed by atoms with E-state index in [1.807, 2.05) is 25.1 Å². The summed E-state index contributed by atoms with van der Waals surface area (Å²) in [5.74, 6) is 0.0261. The van der Waals surface area contributed by atoms with Crippen LogP contribution >= 0.6 is 0 Å². The van der Waals surface area contributed by atoms with E-state index in [-0.39, 0.29) is 5.96 Å². The third-order valence-electron chi connectivity index (χ3n) is 1.82. The fourth-order valence-electron chi connectivity index (χ4n) is 0.940. The van der Waals surface area contributed by atoms with Crippen molar-refractivity contribution in [3.05, 3.63) is 29.3 Å². The Labute approximate surface area is 77.6 Å². The van der Waals surface area contributed by atoms with Gasteiger partial charge in [0.15, 0.2) is 0 Å². The van der Waals surface area contributed by atoms with Gasteiger partial charge in [-0.05, 0) is 37.1 Å². The standard InChI is InChI=1S/C9H14N4/c1-6-3-4-8(5-7(6)2)12-13-9(10)11/h3-5,12H,1-2H3,(H4,10,11,13). The molecule has 0 aliphatic carbocycles. The minimum Gasteiger partial charge on any atom is -0.369 e. The average molecular weight is 178 g/mol. The minimum atomic E-state index is 0.0261. The van der Waals surface area contributed by atoms with Crippen molar-refractivity contribution < 1.29 is 0 Å². The summed E-state index contributed by atoms with van der Waals surface area (Å²) >= 11 is 0. The molecule has 0 unspecified atom stereocenters. The van der Waals surface area contributed by atoms with E-state index in [2.05, 4.69) is 17.5 Å². The van der Waals surface area contributed by atoms with Crippen LogP contribution in [0.15, 0.2) is 23.3 Å². The number of guanidine groups is 1. The van der Waals surface area contributed by atoms with Crippen LogP contribution in [0.4, 0.5) is 5.69 Å². The lowest BCUT2D eigenvalue weighted by Gasteiger charge is -2.04. The van der Waals surface area contributed by atoms with Crippen molar-refractivity contribution in [1.82, 2.24) is 0 Å². The summed E-state index contributed by atoms with van der Waals surface area (Å²) in [4.78, 5) is 0. The molecule has 70 valence electrons. The lowest BCUT2D eigenvalue weighted by molar-refractivity contribution is 1.26. The summed E-state index contributed by atoms with van der Waals surface area (Å²) in [5.41, 5.74) is 16.4. The van der Waals surface area contributed by atoms with Gasteiger partial charge in [0.2, 0.25) is 5.96 Å². The highest BCUT2D eigenvalue weighted by Crippen LogP contribution is 2.13. The molecular formula is C9H14N4. The first-order valence-corrected chi connectivity index (χ1v) is 4.01. The van der Waals surface area contributed by atoms with Crippen LogP contribution in [0.25, 0.3) is 0 Å². The predicted octanol–water partition coefficient (Wildman–Crippen LogP) is 0.904. The lowest BCUT2D eigenvalue weighted by atomic mass is 10.1. The second-order valence-corrected chi connectivity index (χ2v) is 2.95. The van der Waals surface area contributed by atoms with Crippen LogP contribution in [-0.4, -0.2) is 5.96 Å². The molecular weight excluding hydrogens is 164 g/mol. The third kappa shape index (κ3) is 2.66. The number of hydrogen-bond donors (Lipinski definition) is 3. The van der Waals surface area contributed by atoms with Gasteiger partial charge in [-0.15, -0.1) is 5.10 Å². The number of hydrogen-bond acceptors (Lipinski definition) is 2. The van der Waals surface area contributed by atoms with Gasteiger partial charge in [-0.25, -0.2) is 0 Å². The molecule has 0 amide bonds. The first-order valence-electron chi connectivity index (χ1n) is 4.01. The molecule has 4 nitrogen and oxygen atoms in total. The molecule has 0 spiro atoms. The topological polar surface area (TPSA) is 76.4 Å². The van der Waals surface area contributed by atoms with E-state index >= 15 is 0 Å². The molecule has 0 saturated carbocycles. The van der Waals surface area contributed by atoms with Crippen molar-refractivity contribution in [2.24, 2.45) is 16.6 Å². The number of hydrazone groups is 1. The zero-order valence-corrected chi connectivity index (χ0v) is 7.83. The van der Waals surface area contributed by atoms with Gasteiger partial charge in [0.1, 0.15) is 0 Å². The van der Waals surface area contributed by atoms with Gasteiger partial charge >= 0.3 is 0 Å². The Hall–Kier alpha value is -1.71. The number of anilines is 1.